The number of nitrogens with two attached hydrogens (primary N) is 1. The Balaban J connectivity index is 2.41. The highest BCUT2D eigenvalue weighted by Gasteiger charge is 2.34. The first-order valence-corrected chi connectivity index (χ1v) is 6.08. The summed E-state index contributed by atoms with van der Waals surface area (Å²) in [7, 11) is 0. The van der Waals surface area contributed by atoms with Gasteiger partial charge in [0.05, 0.1) is 5.56 Å². The van der Waals surface area contributed by atoms with Crippen molar-refractivity contribution in [3.05, 3.63) is 64.2 Å². The van der Waals surface area contributed by atoms with Crippen LogP contribution in [0.5, 0.6) is 0 Å². The fourth-order valence-electron chi connectivity index (χ4n) is 2.06. The molecule has 6 heteroatoms. The lowest BCUT2D eigenvalue weighted by atomic mass is 9.98. The zero-order valence-corrected chi connectivity index (χ0v) is 11.1. The van der Waals surface area contributed by atoms with E-state index in [2.05, 4.69) is 0 Å². The molecule has 2 aromatic carbocycles. The number of benzene rings is 2. The summed E-state index contributed by atoms with van der Waals surface area (Å²) in [5.41, 5.74) is 5.80. The van der Waals surface area contributed by atoms with Crippen LogP contribution in [0.4, 0.5) is 27.6 Å². The number of rotatable bonds is 2. The zero-order valence-electron chi connectivity index (χ0n) is 11.1. The maximum Gasteiger partial charge on any atom is 0.419 e. The van der Waals surface area contributed by atoms with Crippen LogP contribution in [0.15, 0.2) is 30.3 Å². The van der Waals surface area contributed by atoms with Crippen molar-refractivity contribution >= 4 is 5.69 Å². The standard InChI is InChI=1S/C15H12F5N/c1-8-10(6-11(16)7-14(8)21)4-9-2-3-13(17)12(5-9)15(18,19)20/h2-3,5-7H,4,21H2,1H3. The summed E-state index contributed by atoms with van der Waals surface area (Å²) in [6, 6.07) is 5.09. The van der Waals surface area contributed by atoms with Gasteiger partial charge < -0.3 is 5.73 Å². The van der Waals surface area contributed by atoms with Crippen molar-refractivity contribution in [1.29, 1.82) is 0 Å². The van der Waals surface area contributed by atoms with Crippen molar-refractivity contribution < 1.29 is 22.0 Å². The van der Waals surface area contributed by atoms with Gasteiger partial charge in [-0.15, -0.1) is 0 Å². The Labute approximate surface area is 118 Å². The van der Waals surface area contributed by atoms with Crippen molar-refractivity contribution in [3.63, 3.8) is 0 Å². The van der Waals surface area contributed by atoms with Gasteiger partial charge in [-0.3, -0.25) is 0 Å². The Kier molecular flexibility index (Phi) is 3.89. The second-order valence-corrected chi connectivity index (χ2v) is 4.77. The highest BCUT2D eigenvalue weighted by atomic mass is 19.4. The average Bonchev–Trinajstić information content (AvgIpc) is 2.36. The summed E-state index contributed by atoms with van der Waals surface area (Å²) in [6.07, 6.45) is -4.73. The number of hydrogen-bond donors (Lipinski definition) is 1. The summed E-state index contributed by atoms with van der Waals surface area (Å²) in [5, 5.41) is 0. The molecule has 0 atom stereocenters. The van der Waals surface area contributed by atoms with Crippen molar-refractivity contribution in [1.82, 2.24) is 0 Å². The predicted molar refractivity (Wildman–Crippen MR) is 69.8 cm³/mol. The maximum absolute atomic E-state index is 13.3. The summed E-state index contributed by atoms with van der Waals surface area (Å²) in [5.74, 6) is -1.90. The van der Waals surface area contributed by atoms with E-state index in [0.717, 1.165) is 18.2 Å². The van der Waals surface area contributed by atoms with E-state index in [4.69, 9.17) is 5.73 Å². The first-order valence-electron chi connectivity index (χ1n) is 6.08. The van der Waals surface area contributed by atoms with Crippen LogP contribution in [0.3, 0.4) is 0 Å². The van der Waals surface area contributed by atoms with Crippen LogP contribution in [-0.4, -0.2) is 0 Å². The van der Waals surface area contributed by atoms with E-state index >= 15 is 0 Å². The molecular formula is C15H12F5N. The second-order valence-electron chi connectivity index (χ2n) is 4.77. The molecule has 0 spiro atoms. The Morgan fingerprint density at radius 2 is 1.71 bits per heavy atom. The fraction of sp³-hybridized carbons (Fsp3) is 0.200. The van der Waals surface area contributed by atoms with Gasteiger partial charge in [0.1, 0.15) is 11.6 Å². The molecule has 0 unspecified atom stereocenters. The summed E-state index contributed by atoms with van der Waals surface area (Å²) in [6.45, 7) is 1.65. The van der Waals surface area contributed by atoms with Gasteiger partial charge in [-0.1, -0.05) is 6.07 Å². The van der Waals surface area contributed by atoms with Crippen LogP contribution in [0, 0.1) is 18.6 Å². The molecule has 0 amide bonds. The Morgan fingerprint density at radius 1 is 1.05 bits per heavy atom. The van der Waals surface area contributed by atoms with E-state index in [9.17, 15) is 22.0 Å². The molecule has 1 nitrogen and oxygen atoms in total. The van der Waals surface area contributed by atoms with E-state index in [1.807, 2.05) is 0 Å². The van der Waals surface area contributed by atoms with Crippen LogP contribution in [0.25, 0.3) is 0 Å². The van der Waals surface area contributed by atoms with Crippen molar-refractivity contribution in [2.45, 2.75) is 19.5 Å². The number of halogens is 5. The van der Waals surface area contributed by atoms with Crippen LogP contribution >= 0.6 is 0 Å². The number of hydrogen-bond acceptors (Lipinski definition) is 1. The summed E-state index contributed by atoms with van der Waals surface area (Å²) < 4.78 is 64.5. The van der Waals surface area contributed by atoms with Gasteiger partial charge in [0.2, 0.25) is 0 Å². The van der Waals surface area contributed by atoms with Gasteiger partial charge >= 0.3 is 6.18 Å². The first-order chi connectivity index (χ1) is 9.68. The third-order valence-corrected chi connectivity index (χ3v) is 3.25. The molecule has 0 saturated heterocycles. The van der Waals surface area contributed by atoms with E-state index in [-0.39, 0.29) is 17.7 Å². The molecule has 2 aromatic rings. The van der Waals surface area contributed by atoms with E-state index < -0.39 is 23.4 Å². The van der Waals surface area contributed by atoms with Crippen LogP contribution in [0.2, 0.25) is 0 Å². The molecular weight excluding hydrogens is 289 g/mol. The number of nitrogen functional groups attached to an aromatic ring is 1. The topological polar surface area (TPSA) is 26.0 Å². The Hall–Kier alpha value is -2.11. The van der Waals surface area contributed by atoms with Gasteiger partial charge in [-0.2, -0.15) is 13.2 Å². The van der Waals surface area contributed by atoms with Crippen LogP contribution < -0.4 is 5.73 Å². The largest absolute Gasteiger partial charge is 0.419 e. The predicted octanol–water partition coefficient (Wildman–Crippen LogP) is 4.47. The molecule has 0 aliphatic carbocycles. The quantitative estimate of drug-likeness (QED) is 0.643. The molecule has 0 heterocycles. The van der Waals surface area contributed by atoms with E-state index in [0.29, 0.717) is 11.1 Å². The van der Waals surface area contributed by atoms with Crippen molar-refractivity contribution in [2.75, 3.05) is 5.73 Å². The third-order valence-electron chi connectivity index (χ3n) is 3.25. The minimum atomic E-state index is -4.77. The highest BCUT2D eigenvalue weighted by molar-refractivity contribution is 5.51. The van der Waals surface area contributed by atoms with Crippen molar-refractivity contribution in [3.8, 4) is 0 Å². The summed E-state index contributed by atoms with van der Waals surface area (Å²) in [4.78, 5) is 0. The number of anilines is 1. The van der Waals surface area contributed by atoms with Gasteiger partial charge in [0.25, 0.3) is 0 Å². The minimum absolute atomic E-state index is 0.0388. The maximum atomic E-state index is 13.3. The first kappa shape index (κ1) is 15.3. The zero-order chi connectivity index (χ0) is 15.8. The van der Waals surface area contributed by atoms with Crippen LogP contribution in [0.1, 0.15) is 22.3 Å². The van der Waals surface area contributed by atoms with Crippen molar-refractivity contribution in [2.24, 2.45) is 0 Å². The molecule has 0 saturated carbocycles. The molecule has 112 valence electrons. The lowest BCUT2D eigenvalue weighted by Crippen LogP contribution is -2.09. The van der Waals surface area contributed by atoms with Gasteiger partial charge in [-0.25, -0.2) is 8.78 Å². The Bertz CT molecular complexity index is 676. The minimum Gasteiger partial charge on any atom is -0.398 e. The molecule has 0 aliphatic heterocycles. The second kappa shape index (κ2) is 5.35. The van der Waals surface area contributed by atoms with E-state index in [1.165, 1.54) is 12.1 Å². The molecule has 2 rings (SSSR count). The number of alkyl halides is 3. The fourth-order valence-corrected chi connectivity index (χ4v) is 2.06. The lowest BCUT2D eigenvalue weighted by molar-refractivity contribution is -0.140. The van der Waals surface area contributed by atoms with E-state index in [1.54, 1.807) is 6.92 Å². The average molecular weight is 301 g/mol. The monoisotopic (exact) mass is 301 g/mol. The molecule has 0 fully saturated rings. The van der Waals surface area contributed by atoms with Gasteiger partial charge in [-0.05, 0) is 54.3 Å². The smallest absolute Gasteiger partial charge is 0.398 e. The molecule has 21 heavy (non-hydrogen) atoms. The molecule has 0 aromatic heterocycles. The van der Waals surface area contributed by atoms with Gasteiger partial charge in [0, 0.05) is 5.69 Å². The molecule has 0 aliphatic rings. The van der Waals surface area contributed by atoms with Crippen LogP contribution in [-0.2, 0) is 12.6 Å². The Morgan fingerprint density at radius 3 is 2.33 bits per heavy atom. The normalized spacial score (nSPS) is 11.7. The highest BCUT2D eigenvalue weighted by Crippen LogP contribution is 2.32. The third kappa shape index (κ3) is 3.32. The van der Waals surface area contributed by atoms with Gasteiger partial charge in [0.15, 0.2) is 0 Å². The molecule has 2 N–H and O–H groups in total. The lowest BCUT2D eigenvalue weighted by Gasteiger charge is -2.12. The SMILES string of the molecule is Cc1c(N)cc(F)cc1Cc1ccc(F)c(C(F)(F)F)c1. The molecule has 0 bridgehead atoms. The molecule has 0 radical (unpaired) electrons. The summed E-state index contributed by atoms with van der Waals surface area (Å²) >= 11 is 0.